The molecule has 1 nitrogen and oxygen atoms in total. The first-order chi connectivity index (χ1) is 8.91. The van der Waals surface area contributed by atoms with Crippen molar-refractivity contribution in [2.75, 3.05) is 6.61 Å². The fourth-order valence-corrected chi connectivity index (χ4v) is 1.23. The second-order valence-corrected chi connectivity index (χ2v) is 3.76. The van der Waals surface area contributed by atoms with E-state index in [0.29, 0.717) is 0 Å². The van der Waals surface area contributed by atoms with Gasteiger partial charge in [-0.25, -0.2) is 0 Å². The molecule has 0 unspecified atom stereocenters. The Bertz CT molecular complexity index is 377. The van der Waals surface area contributed by atoms with Gasteiger partial charge in [0.15, 0.2) is 0 Å². The third kappa shape index (κ3) is 14.3. The van der Waals surface area contributed by atoms with Crippen molar-refractivity contribution in [2.24, 2.45) is 0 Å². The molecule has 0 aliphatic heterocycles. The highest BCUT2D eigenvalue weighted by Crippen LogP contribution is 2.02. The minimum atomic E-state index is 0.0189. The Labute approximate surface area is 111 Å². The van der Waals surface area contributed by atoms with E-state index in [2.05, 4.69) is 36.7 Å². The number of rotatable bonds is 7. The van der Waals surface area contributed by atoms with E-state index in [9.17, 15) is 0 Å². The smallest absolute Gasteiger partial charge is 0.0621 e. The zero-order valence-corrected chi connectivity index (χ0v) is 11.2. The Morgan fingerprint density at radius 2 is 1.67 bits per heavy atom. The lowest BCUT2D eigenvalue weighted by Crippen LogP contribution is -1.72. The molecular formula is C17H22O. The Morgan fingerprint density at radius 3 is 2.39 bits per heavy atom. The average Bonchev–Trinajstić information content (AvgIpc) is 2.39. The molecule has 0 aliphatic rings. The van der Waals surface area contributed by atoms with E-state index in [1.54, 1.807) is 18.2 Å². The van der Waals surface area contributed by atoms with Crippen molar-refractivity contribution in [3.05, 3.63) is 36.5 Å². The Balaban J connectivity index is 3.63. The molecule has 0 rings (SSSR count). The zero-order valence-electron chi connectivity index (χ0n) is 11.2. The molecule has 1 N–H and O–H groups in total. The summed E-state index contributed by atoms with van der Waals surface area (Å²) >= 11 is 0. The van der Waals surface area contributed by atoms with Crippen LogP contribution in [0.5, 0.6) is 0 Å². The fraction of sp³-hybridized carbons (Fsp3) is 0.412. The predicted molar refractivity (Wildman–Crippen MR) is 78.8 cm³/mol. The van der Waals surface area contributed by atoms with Gasteiger partial charge in [-0.3, -0.25) is 0 Å². The summed E-state index contributed by atoms with van der Waals surface area (Å²) in [6.45, 7) is 2.24. The largest absolute Gasteiger partial charge is 0.392 e. The second kappa shape index (κ2) is 15.3. The minimum Gasteiger partial charge on any atom is -0.392 e. The van der Waals surface area contributed by atoms with Gasteiger partial charge < -0.3 is 5.11 Å². The van der Waals surface area contributed by atoms with E-state index in [0.717, 1.165) is 6.42 Å². The van der Waals surface area contributed by atoms with Gasteiger partial charge in [0.25, 0.3) is 0 Å². The van der Waals surface area contributed by atoms with Crippen LogP contribution in [0.15, 0.2) is 36.5 Å². The molecule has 18 heavy (non-hydrogen) atoms. The van der Waals surface area contributed by atoms with E-state index in [4.69, 9.17) is 5.11 Å². The molecule has 96 valence electrons. The van der Waals surface area contributed by atoms with Crippen molar-refractivity contribution in [2.45, 2.75) is 39.0 Å². The summed E-state index contributed by atoms with van der Waals surface area (Å²) in [6, 6.07) is 0. The summed E-state index contributed by atoms with van der Waals surface area (Å²) < 4.78 is 0. The normalized spacial score (nSPS) is 10.6. The maximum Gasteiger partial charge on any atom is 0.0621 e. The molecule has 0 aromatic carbocycles. The molecule has 0 amide bonds. The first-order valence-corrected chi connectivity index (χ1v) is 6.50. The molecule has 0 saturated heterocycles. The van der Waals surface area contributed by atoms with Crippen LogP contribution in [-0.2, 0) is 0 Å². The number of aliphatic hydroxyl groups excluding tert-OH is 1. The Kier molecular flexibility index (Phi) is 13.9. The second-order valence-electron chi connectivity index (χ2n) is 3.76. The SMILES string of the molecule is CCCCCC/C=C/C=C/C#CC#C/C=C/CO. The molecule has 0 atom stereocenters. The third-order valence-electron chi connectivity index (χ3n) is 2.16. The van der Waals surface area contributed by atoms with Crippen LogP contribution >= 0.6 is 0 Å². The Morgan fingerprint density at radius 1 is 0.889 bits per heavy atom. The van der Waals surface area contributed by atoms with Gasteiger partial charge in [-0.15, -0.1) is 0 Å². The van der Waals surface area contributed by atoms with E-state index in [1.807, 2.05) is 12.2 Å². The molecule has 0 heterocycles. The highest BCUT2D eigenvalue weighted by molar-refractivity contribution is 5.34. The summed E-state index contributed by atoms with van der Waals surface area (Å²) in [5, 5.41) is 8.45. The molecular weight excluding hydrogens is 220 g/mol. The van der Waals surface area contributed by atoms with Gasteiger partial charge in [-0.1, -0.05) is 62.3 Å². The van der Waals surface area contributed by atoms with Gasteiger partial charge in [0, 0.05) is 0 Å². The van der Waals surface area contributed by atoms with Gasteiger partial charge >= 0.3 is 0 Å². The van der Waals surface area contributed by atoms with Crippen molar-refractivity contribution in [1.29, 1.82) is 0 Å². The van der Waals surface area contributed by atoms with Crippen LogP contribution in [0.2, 0.25) is 0 Å². The van der Waals surface area contributed by atoms with Crippen LogP contribution in [0.25, 0.3) is 0 Å². The molecule has 0 radical (unpaired) electrons. The van der Waals surface area contributed by atoms with Crippen molar-refractivity contribution in [3.63, 3.8) is 0 Å². The van der Waals surface area contributed by atoms with Crippen LogP contribution in [-0.4, -0.2) is 11.7 Å². The summed E-state index contributed by atoms with van der Waals surface area (Å²) in [5.41, 5.74) is 0. The monoisotopic (exact) mass is 242 g/mol. The summed E-state index contributed by atoms with van der Waals surface area (Å²) in [4.78, 5) is 0. The van der Waals surface area contributed by atoms with E-state index in [-0.39, 0.29) is 6.61 Å². The van der Waals surface area contributed by atoms with Gasteiger partial charge in [-0.2, -0.15) is 0 Å². The van der Waals surface area contributed by atoms with Gasteiger partial charge in [0.05, 0.1) is 6.61 Å². The lowest BCUT2D eigenvalue weighted by molar-refractivity contribution is 0.343. The number of hydrogen-bond donors (Lipinski definition) is 1. The van der Waals surface area contributed by atoms with Crippen molar-refractivity contribution < 1.29 is 5.11 Å². The molecule has 0 bridgehead atoms. The zero-order chi connectivity index (χ0) is 13.3. The maximum absolute atomic E-state index is 8.45. The Hall–Kier alpha value is -1.70. The molecule has 0 aromatic rings. The molecule has 0 fully saturated rings. The van der Waals surface area contributed by atoms with Crippen molar-refractivity contribution in [1.82, 2.24) is 0 Å². The van der Waals surface area contributed by atoms with Crippen molar-refractivity contribution in [3.8, 4) is 23.7 Å². The highest BCUT2D eigenvalue weighted by atomic mass is 16.2. The lowest BCUT2D eigenvalue weighted by Gasteiger charge is -1.92. The summed E-state index contributed by atoms with van der Waals surface area (Å²) in [5.74, 6) is 10.9. The van der Waals surface area contributed by atoms with Crippen LogP contribution in [0.3, 0.4) is 0 Å². The quantitative estimate of drug-likeness (QED) is 0.410. The van der Waals surface area contributed by atoms with E-state index in [1.165, 1.54) is 25.7 Å². The molecule has 0 spiro atoms. The topological polar surface area (TPSA) is 20.2 Å². The molecule has 0 saturated carbocycles. The lowest BCUT2D eigenvalue weighted by atomic mass is 10.1. The maximum atomic E-state index is 8.45. The molecule has 0 aromatic heterocycles. The van der Waals surface area contributed by atoms with Crippen LogP contribution in [0, 0.1) is 23.7 Å². The van der Waals surface area contributed by atoms with Crippen LogP contribution in [0.4, 0.5) is 0 Å². The first kappa shape index (κ1) is 16.3. The number of unbranched alkanes of at least 4 members (excludes halogenated alkanes) is 4. The van der Waals surface area contributed by atoms with Crippen molar-refractivity contribution >= 4 is 0 Å². The van der Waals surface area contributed by atoms with Crippen LogP contribution < -0.4 is 0 Å². The summed E-state index contributed by atoms with van der Waals surface area (Å²) in [6.07, 6.45) is 17.4. The van der Waals surface area contributed by atoms with Crippen LogP contribution in [0.1, 0.15) is 39.0 Å². The number of hydrogen-bond acceptors (Lipinski definition) is 1. The number of allylic oxidation sites excluding steroid dienone is 5. The van der Waals surface area contributed by atoms with E-state index >= 15 is 0 Å². The van der Waals surface area contributed by atoms with Gasteiger partial charge in [0.2, 0.25) is 0 Å². The third-order valence-corrected chi connectivity index (χ3v) is 2.16. The fourth-order valence-electron chi connectivity index (χ4n) is 1.23. The minimum absolute atomic E-state index is 0.0189. The predicted octanol–water partition coefficient (Wildman–Crippen LogP) is 3.62. The van der Waals surface area contributed by atoms with Gasteiger partial charge in [-0.05, 0) is 36.8 Å². The van der Waals surface area contributed by atoms with Gasteiger partial charge in [0.1, 0.15) is 0 Å². The first-order valence-electron chi connectivity index (χ1n) is 6.50. The molecule has 1 heteroatoms. The standard InChI is InChI=1S/C17H22O/c1-2-3-4-5-6-7-8-9-10-11-12-13-14-15-16-17-18/h7-10,15-16,18H,2-6,17H2,1H3/b8-7+,10-9+,16-15+. The van der Waals surface area contributed by atoms with E-state index < -0.39 is 0 Å². The number of aliphatic hydroxyl groups is 1. The summed E-state index contributed by atoms with van der Waals surface area (Å²) in [7, 11) is 0. The molecule has 0 aliphatic carbocycles. The average molecular weight is 242 g/mol. The highest BCUT2D eigenvalue weighted by Gasteiger charge is 1.82.